The molecule has 18 heavy (non-hydrogen) atoms. The summed E-state index contributed by atoms with van der Waals surface area (Å²) in [5, 5.41) is 0. The van der Waals surface area contributed by atoms with E-state index in [9.17, 15) is 12.8 Å². The third-order valence-electron chi connectivity index (χ3n) is 2.65. The lowest BCUT2D eigenvalue weighted by atomic mass is 9.86. The van der Waals surface area contributed by atoms with Crippen LogP contribution in [0.3, 0.4) is 0 Å². The van der Waals surface area contributed by atoms with E-state index in [1.165, 1.54) is 12.1 Å². The summed E-state index contributed by atoms with van der Waals surface area (Å²) in [6, 6.07) is 4.47. The number of benzene rings is 1. The van der Waals surface area contributed by atoms with E-state index in [4.69, 9.17) is 5.73 Å². The van der Waals surface area contributed by atoms with E-state index in [-0.39, 0.29) is 29.3 Å². The average molecular weight is 273 g/mol. The first kappa shape index (κ1) is 15.1. The molecular formula is C13H20FNO2S. The van der Waals surface area contributed by atoms with E-state index in [0.29, 0.717) is 11.1 Å². The molecule has 1 aromatic rings. The Kier molecular flexibility index (Phi) is 4.50. The minimum absolute atomic E-state index is 0.0464. The summed E-state index contributed by atoms with van der Waals surface area (Å²) in [7, 11) is -3.21. The van der Waals surface area contributed by atoms with Gasteiger partial charge in [0.1, 0.15) is 5.82 Å². The van der Waals surface area contributed by atoms with Gasteiger partial charge in [-0.25, -0.2) is 12.8 Å². The molecule has 0 amide bonds. The first-order chi connectivity index (χ1) is 8.15. The number of rotatable bonds is 4. The van der Waals surface area contributed by atoms with Crippen LogP contribution in [0.4, 0.5) is 4.39 Å². The van der Waals surface area contributed by atoms with Crippen molar-refractivity contribution in [3.63, 3.8) is 0 Å². The zero-order valence-corrected chi connectivity index (χ0v) is 11.8. The minimum Gasteiger partial charge on any atom is -0.329 e. The van der Waals surface area contributed by atoms with Gasteiger partial charge in [0.15, 0.2) is 9.84 Å². The van der Waals surface area contributed by atoms with Crippen LogP contribution < -0.4 is 5.73 Å². The van der Waals surface area contributed by atoms with E-state index in [0.717, 1.165) is 0 Å². The highest BCUT2D eigenvalue weighted by Crippen LogP contribution is 2.26. The van der Waals surface area contributed by atoms with Gasteiger partial charge in [0.2, 0.25) is 0 Å². The molecule has 102 valence electrons. The lowest BCUT2D eigenvalue weighted by Gasteiger charge is -2.20. The fourth-order valence-electron chi connectivity index (χ4n) is 1.74. The van der Waals surface area contributed by atoms with E-state index in [1.807, 2.05) is 20.8 Å². The van der Waals surface area contributed by atoms with Crippen molar-refractivity contribution in [1.82, 2.24) is 0 Å². The van der Waals surface area contributed by atoms with Gasteiger partial charge in [-0.2, -0.15) is 0 Å². The molecule has 0 heterocycles. The number of hydrogen-bond donors (Lipinski definition) is 1. The smallest absolute Gasteiger partial charge is 0.155 e. The summed E-state index contributed by atoms with van der Waals surface area (Å²) >= 11 is 0. The summed E-state index contributed by atoms with van der Waals surface area (Å²) in [6.45, 7) is 5.78. The summed E-state index contributed by atoms with van der Waals surface area (Å²) in [5.41, 5.74) is 6.04. The molecule has 1 aromatic carbocycles. The zero-order valence-electron chi connectivity index (χ0n) is 11.0. The average Bonchev–Trinajstić information content (AvgIpc) is 2.18. The van der Waals surface area contributed by atoms with Crippen molar-refractivity contribution in [3.8, 4) is 0 Å². The molecule has 1 rings (SSSR count). The van der Waals surface area contributed by atoms with Gasteiger partial charge in [-0.15, -0.1) is 0 Å². The predicted octanol–water partition coefficient (Wildman–Crippen LogP) is 2.00. The maximum atomic E-state index is 13.7. The Morgan fingerprint density at radius 2 is 1.89 bits per heavy atom. The van der Waals surface area contributed by atoms with Crippen molar-refractivity contribution in [1.29, 1.82) is 0 Å². The van der Waals surface area contributed by atoms with Crippen LogP contribution in [0.5, 0.6) is 0 Å². The normalized spacial score (nSPS) is 12.7. The van der Waals surface area contributed by atoms with E-state index in [1.54, 1.807) is 6.07 Å². The monoisotopic (exact) mass is 273 g/mol. The van der Waals surface area contributed by atoms with Gasteiger partial charge in [0.25, 0.3) is 0 Å². The van der Waals surface area contributed by atoms with Crippen molar-refractivity contribution in [3.05, 3.63) is 35.1 Å². The summed E-state index contributed by atoms with van der Waals surface area (Å²) in [4.78, 5) is 0. The third kappa shape index (κ3) is 4.07. The highest BCUT2D eigenvalue weighted by atomic mass is 32.2. The Morgan fingerprint density at radius 1 is 1.28 bits per heavy atom. The van der Waals surface area contributed by atoms with E-state index >= 15 is 0 Å². The Bertz CT molecular complexity index is 518. The lowest BCUT2D eigenvalue weighted by Crippen LogP contribution is -2.18. The SMILES string of the molecule is CC(C)(C)c1cc(CS(=O)(=O)CCN)ccc1F. The molecule has 0 saturated carbocycles. The van der Waals surface area contributed by atoms with Crippen molar-refractivity contribution in [2.75, 3.05) is 12.3 Å². The molecule has 0 aliphatic carbocycles. The predicted molar refractivity (Wildman–Crippen MR) is 71.6 cm³/mol. The van der Waals surface area contributed by atoms with E-state index in [2.05, 4.69) is 0 Å². The molecule has 0 spiro atoms. The molecule has 2 N–H and O–H groups in total. The highest BCUT2D eigenvalue weighted by Gasteiger charge is 2.20. The van der Waals surface area contributed by atoms with Gasteiger partial charge in [-0.05, 0) is 22.6 Å². The summed E-state index contributed by atoms with van der Waals surface area (Å²) < 4.78 is 37.0. The number of hydrogen-bond acceptors (Lipinski definition) is 3. The molecule has 3 nitrogen and oxygen atoms in total. The van der Waals surface area contributed by atoms with Crippen LogP contribution in [0.15, 0.2) is 18.2 Å². The first-order valence-electron chi connectivity index (χ1n) is 5.85. The molecule has 0 radical (unpaired) electrons. The van der Waals surface area contributed by atoms with Gasteiger partial charge in [-0.3, -0.25) is 0 Å². The van der Waals surface area contributed by atoms with Crippen LogP contribution >= 0.6 is 0 Å². The Labute approximate surface area is 108 Å². The summed E-state index contributed by atoms with van der Waals surface area (Å²) in [6.07, 6.45) is 0. The minimum atomic E-state index is -3.21. The Hall–Kier alpha value is -0.940. The van der Waals surface area contributed by atoms with Gasteiger partial charge in [-0.1, -0.05) is 32.9 Å². The van der Waals surface area contributed by atoms with Crippen molar-refractivity contribution in [2.45, 2.75) is 31.9 Å². The summed E-state index contributed by atoms with van der Waals surface area (Å²) in [5.74, 6) is -0.439. The van der Waals surface area contributed by atoms with Gasteiger partial charge < -0.3 is 5.73 Å². The van der Waals surface area contributed by atoms with Crippen LogP contribution in [0.25, 0.3) is 0 Å². The van der Waals surface area contributed by atoms with Crippen molar-refractivity contribution < 1.29 is 12.8 Å². The maximum Gasteiger partial charge on any atom is 0.155 e. The van der Waals surface area contributed by atoms with Crippen LogP contribution in [0, 0.1) is 5.82 Å². The van der Waals surface area contributed by atoms with Crippen LogP contribution in [-0.4, -0.2) is 20.7 Å². The molecule has 0 atom stereocenters. The van der Waals surface area contributed by atoms with Crippen LogP contribution in [0.2, 0.25) is 0 Å². The number of nitrogens with two attached hydrogens (primary N) is 1. The fraction of sp³-hybridized carbons (Fsp3) is 0.538. The van der Waals surface area contributed by atoms with Gasteiger partial charge >= 0.3 is 0 Å². The lowest BCUT2D eigenvalue weighted by molar-refractivity contribution is 0.522. The highest BCUT2D eigenvalue weighted by molar-refractivity contribution is 7.90. The molecule has 0 unspecified atom stereocenters. The van der Waals surface area contributed by atoms with Crippen LogP contribution in [-0.2, 0) is 21.0 Å². The quantitative estimate of drug-likeness (QED) is 0.912. The second kappa shape index (κ2) is 5.36. The molecule has 0 aromatic heterocycles. The topological polar surface area (TPSA) is 60.2 Å². The standard InChI is InChI=1S/C13H20FNO2S/c1-13(2,3)11-8-10(4-5-12(11)14)9-18(16,17)7-6-15/h4-5,8H,6-7,9,15H2,1-3H3. The Balaban J connectivity index is 3.07. The third-order valence-corrected chi connectivity index (χ3v) is 4.29. The van der Waals surface area contributed by atoms with Gasteiger partial charge in [0.05, 0.1) is 11.5 Å². The van der Waals surface area contributed by atoms with E-state index < -0.39 is 9.84 Å². The maximum absolute atomic E-state index is 13.7. The molecule has 0 aliphatic heterocycles. The second-order valence-electron chi connectivity index (χ2n) is 5.44. The second-order valence-corrected chi connectivity index (χ2v) is 7.63. The Morgan fingerprint density at radius 3 is 2.39 bits per heavy atom. The number of halogens is 1. The van der Waals surface area contributed by atoms with Gasteiger partial charge in [0, 0.05) is 6.54 Å². The molecular weight excluding hydrogens is 253 g/mol. The molecule has 0 bridgehead atoms. The largest absolute Gasteiger partial charge is 0.329 e. The zero-order chi connectivity index (χ0) is 14.0. The van der Waals surface area contributed by atoms with Crippen molar-refractivity contribution >= 4 is 9.84 Å². The van der Waals surface area contributed by atoms with Crippen molar-refractivity contribution in [2.24, 2.45) is 5.73 Å². The first-order valence-corrected chi connectivity index (χ1v) is 7.67. The number of sulfone groups is 1. The molecule has 0 fully saturated rings. The van der Waals surface area contributed by atoms with Crippen LogP contribution in [0.1, 0.15) is 31.9 Å². The molecule has 0 saturated heterocycles. The molecule has 0 aliphatic rings. The fourth-order valence-corrected chi connectivity index (χ4v) is 2.93. The molecule has 5 heteroatoms.